The molecule has 0 saturated heterocycles. The van der Waals surface area contributed by atoms with Gasteiger partial charge in [0.15, 0.2) is 0 Å². The molecule has 0 atom stereocenters. The number of benzene rings is 1. The molecule has 0 aliphatic heterocycles. The molecule has 4 rings (SSSR count). The third-order valence-electron chi connectivity index (χ3n) is 4.36. The van der Waals surface area contributed by atoms with Crippen LogP contribution in [0.2, 0.25) is 0 Å². The molecule has 2 aliphatic carbocycles. The van der Waals surface area contributed by atoms with Gasteiger partial charge in [-0.25, -0.2) is 0 Å². The van der Waals surface area contributed by atoms with Crippen molar-refractivity contribution >= 4 is 10.9 Å². The van der Waals surface area contributed by atoms with Crippen LogP contribution in [0.3, 0.4) is 0 Å². The van der Waals surface area contributed by atoms with Gasteiger partial charge < -0.3 is 10.7 Å². The minimum absolute atomic E-state index is 0.118. The van der Waals surface area contributed by atoms with Crippen LogP contribution in [0.25, 0.3) is 10.9 Å². The number of nitrogens with one attached hydrogen (secondary N) is 1. The van der Waals surface area contributed by atoms with E-state index in [-0.39, 0.29) is 5.54 Å². The smallest absolute Gasteiger partial charge is 0.0459 e. The molecule has 1 saturated carbocycles. The lowest BCUT2D eigenvalue weighted by molar-refractivity contribution is 0.672. The summed E-state index contributed by atoms with van der Waals surface area (Å²) >= 11 is 0. The second kappa shape index (κ2) is 3.14. The standard InChI is InChI=1S/C15H18N2/c16-15(6-7-15)9-10-4-5-14-12(8-10)11-2-1-3-13(11)17-14/h4-5,8,17H,1-3,6-7,9,16H2. The molecule has 1 fully saturated rings. The van der Waals surface area contributed by atoms with Crippen LogP contribution in [0.4, 0.5) is 0 Å². The van der Waals surface area contributed by atoms with Crippen LogP contribution in [0, 0.1) is 0 Å². The number of H-pyrrole nitrogens is 1. The van der Waals surface area contributed by atoms with Crippen LogP contribution < -0.4 is 5.73 Å². The summed E-state index contributed by atoms with van der Waals surface area (Å²) in [5.74, 6) is 0. The van der Waals surface area contributed by atoms with E-state index in [1.807, 2.05) is 0 Å². The van der Waals surface area contributed by atoms with Crippen molar-refractivity contribution < 1.29 is 0 Å². The van der Waals surface area contributed by atoms with E-state index in [1.165, 1.54) is 54.3 Å². The van der Waals surface area contributed by atoms with Gasteiger partial charge in [-0.1, -0.05) is 6.07 Å². The second-order valence-corrected chi connectivity index (χ2v) is 5.85. The van der Waals surface area contributed by atoms with E-state index in [4.69, 9.17) is 5.73 Å². The van der Waals surface area contributed by atoms with Crippen molar-refractivity contribution in [2.24, 2.45) is 5.73 Å². The van der Waals surface area contributed by atoms with Crippen molar-refractivity contribution in [1.29, 1.82) is 0 Å². The van der Waals surface area contributed by atoms with Gasteiger partial charge in [-0.15, -0.1) is 0 Å². The predicted octanol–water partition coefficient (Wildman–Crippen LogP) is 2.69. The molecular formula is C15H18N2. The molecular weight excluding hydrogens is 208 g/mol. The summed E-state index contributed by atoms with van der Waals surface area (Å²) in [4.78, 5) is 3.55. The Morgan fingerprint density at radius 3 is 2.94 bits per heavy atom. The molecule has 2 aliphatic rings. The normalized spacial score (nSPS) is 20.8. The summed E-state index contributed by atoms with van der Waals surface area (Å²) in [6.07, 6.45) is 7.20. The van der Waals surface area contributed by atoms with Crippen LogP contribution in [0.1, 0.15) is 36.1 Å². The molecule has 3 N–H and O–H groups in total. The van der Waals surface area contributed by atoms with Gasteiger partial charge in [-0.3, -0.25) is 0 Å². The van der Waals surface area contributed by atoms with Gasteiger partial charge in [0.25, 0.3) is 0 Å². The minimum atomic E-state index is 0.118. The summed E-state index contributed by atoms with van der Waals surface area (Å²) in [5, 5.41) is 1.44. The maximum Gasteiger partial charge on any atom is 0.0459 e. The molecule has 1 aromatic heterocycles. The Morgan fingerprint density at radius 1 is 1.24 bits per heavy atom. The lowest BCUT2D eigenvalue weighted by Crippen LogP contribution is -2.24. The van der Waals surface area contributed by atoms with E-state index in [9.17, 15) is 0 Å². The molecule has 2 aromatic rings. The fourth-order valence-corrected chi connectivity index (χ4v) is 3.15. The first-order valence-corrected chi connectivity index (χ1v) is 6.65. The molecule has 1 aromatic carbocycles. The van der Waals surface area contributed by atoms with Gasteiger partial charge in [0.1, 0.15) is 0 Å². The van der Waals surface area contributed by atoms with Crippen molar-refractivity contribution in [2.45, 2.75) is 44.1 Å². The van der Waals surface area contributed by atoms with Crippen molar-refractivity contribution in [3.63, 3.8) is 0 Å². The highest BCUT2D eigenvalue weighted by Crippen LogP contribution is 2.37. The Morgan fingerprint density at radius 2 is 2.12 bits per heavy atom. The van der Waals surface area contributed by atoms with Crippen molar-refractivity contribution in [3.05, 3.63) is 35.0 Å². The molecule has 2 nitrogen and oxygen atoms in total. The minimum Gasteiger partial charge on any atom is -0.358 e. The molecule has 17 heavy (non-hydrogen) atoms. The molecule has 88 valence electrons. The fraction of sp³-hybridized carbons (Fsp3) is 0.467. The van der Waals surface area contributed by atoms with Gasteiger partial charge in [-0.2, -0.15) is 0 Å². The van der Waals surface area contributed by atoms with E-state index in [0.717, 1.165) is 6.42 Å². The Hall–Kier alpha value is -1.28. The van der Waals surface area contributed by atoms with Crippen LogP contribution in [-0.4, -0.2) is 10.5 Å². The topological polar surface area (TPSA) is 41.8 Å². The van der Waals surface area contributed by atoms with Crippen molar-refractivity contribution in [1.82, 2.24) is 4.98 Å². The zero-order chi connectivity index (χ0) is 11.5. The average molecular weight is 226 g/mol. The largest absolute Gasteiger partial charge is 0.358 e. The summed E-state index contributed by atoms with van der Waals surface area (Å²) in [6.45, 7) is 0. The highest BCUT2D eigenvalue weighted by Gasteiger charge is 2.38. The van der Waals surface area contributed by atoms with Crippen molar-refractivity contribution in [2.75, 3.05) is 0 Å². The number of aryl methyl sites for hydroxylation is 2. The number of nitrogens with two attached hydrogens (primary N) is 1. The number of rotatable bonds is 2. The van der Waals surface area contributed by atoms with Crippen LogP contribution >= 0.6 is 0 Å². The molecule has 0 unspecified atom stereocenters. The molecule has 0 bridgehead atoms. The van der Waals surface area contributed by atoms with Gasteiger partial charge in [0, 0.05) is 22.1 Å². The Kier molecular flexibility index (Phi) is 1.79. The maximum absolute atomic E-state index is 6.20. The number of fused-ring (bicyclic) bond motifs is 3. The van der Waals surface area contributed by atoms with Gasteiger partial charge >= 0.3 is 0 Å². The summed E-state index contributed by atoms with van der Waals surface area (Å²) < 4.78 is 0. The first-order valence-electron chi connectivity index (χ1n) is 6.65. The molecule has 0 radical (unpaired) electrons. The maximum atomic E-state index is 6.20. The van der Waals surface area contributed by atoms with E-state index < -0.39 is 0 Å². The first kappa shape index (κ1) is 9.72. The molecule has 1 heterocycles. The van der Waals surface area contributed by atoms with E-state index in [0.29, 0.717) is 0 Å². The summed E-state index contributed by atoms with van der Waals surface area (Å²) in [6, 6.07) is 6.83. The Balaban J connectivity index is 1.80. The summed E-state index contributed by atoms with van der Waals surface area (Å²) in [5.41, 5.74) is 12.1. The van der Waals surface area contributed by atoms with E-state index in [2.05, 4.69) is 23.2 Å². The van der Waals surface area contributed by atoms with Crippen LogP contribution in [0.15, 0.2) is 18.2 Å². The highest BCUT2D eigenvalue weighted by molar-refractivity contribution is 5.86. The molecule has 2 heteroatoms. The van der Waals surface area contributed by atoms with E-state index in [1.54, 1.807) is 5.56 Å². The van der Waals surface area contributed by atoms with Gasteiger partial charge in [0.05, 0.1) is 0 Å². The number of aromatic amines is 1. The SMILES string of the molecule is NC1(Cc2ccc3[nH]c4c(c3c2)CCC4)CC1. The number of aromatic nitrogens is 1. The monoisotopic (exact) mass is 226 g/mol. The fourth-order valence-electron chi connectivity index (χ4n) is 3.15. The predicted molar refractivity (Wildman–Crippen MR) is 70.2 cm³/mol. The number of hydrogen-bond acceptors (Lipinski definition) is 1. The van der Waals surface area contributed by atoms with Crippen molar-refractivity contribution in [3.8, 4) is 0 Å². The second-order valence-electron chi connectivity index (χ2n) is 5.85. The zero-order valence-corrected chi connectivity index (χ0v) is 10.1. The third kappa shape index (κ3) is 1.51. The number of hydrogen-bond donors (Lipinski definition) is 2. The average Bonchev–Trinajstić information content (AvgIpc) is 2.77. The van der Waals surface area contributed by atoms with Crippen LogP contribution in [-0.2, 0) is 19.3 Å². The first-order chi connectivity index (χ1) is 8.23. The van der Waals surface area contributed by atoms with Gasteiger partial charge in [0.2, 0.25) is 0 Å². The van der Waals surface area contributed by atoms with E-state index >= 15 is 0 Å². The van der Waals surface area contributed by atoms with Gasteiger partial charge in [-0.05, 0) is 61.8 Å². The summed E-state index contributed by atoms with van der Waals surface area (Å²) in [7, 11) is 0. The Bertz CT molecular complexity index is 590. The Labute approximate surface area is 101 Å². The third-order valence-corrected chi connectivity index (χ3v) is 4.36. The van der Waals surface area contributed by atoms with Crippen LogP contribution in [0.5, 0.6) is 0 Å². The lowest BCUT2D eigenvalue weighted by Gasteiger charge is -2.08. The highest BCUT2D eigenvalue weighted by atomic mass is 14.8. The quantitative estimate of drug-likeness (QED) is 0.812. The molecule has 0 spiro atoms. The lowest BCUT2D eigenvalue weighted by atomic mass is 10.0. The zero-order valence-electron chi connectivity index (χ0n) is 10.1. The molecule has 0 amide bonds.